The van der Waals surface area contributed by atoms with Gasteiger partial charge in [0.15, 0.2) is 0 Å². The highest BCUT2D eigenvalue weighted by Gasteiger charge is 2.36. The number of rotatable bonds is 2. The average Bonchev–Trinajstić information content (AvgIpc) is 2.80. The third kappa shape index (κ3) is 2.48. The Morgan fingerprint density at radius 3 is 2.56 bits per heavy atom. The number of ether oxygens (including phenoxy) is 1. The van der Waals surface area contributed by atoms with E-state index in [2.05, 4.69) is 0 Å². The van der Waals surface area contributed by atoms with Crippen molar-refractivity contribution in [2.75, 3.05) is 6.61 Å². The molecule has 0 amide bonds. The van der Waals surface area contributed by atoms with E-state index < -0.39 is 29.2 Å². The van der Waals surface area contributed by atoms with Crippen LogP contribution in [0.5, 0.6) is 0 Å². The van der Waals surface area contributed by atoms with Gasteiger partial charge in [-0.05, 0) is 18.2 Å². The van der Waals surface area contributed by atoms with Gasteiger partial charge in [0.2, 0.25) is 0 Å². The minimum Gasteiger partial charge on any atom is -0.495 e. The molecule has 1 N–H and O–H groups in total. The number of aliphatic hydroxyl groups is 1. The van der Waals surface area contributed by atoms with Crippen molar-refractivity contribution in [2.24, 2.45) is 0 Å². The molecule has 0 radical (unpaired) electrons. The van der Waals surface area contributed by atoms with Gasteiger partial charge in [0.05, 0.1) is 12.2 Å². The standard InChI is InChI=1S/C12H10F4O2/c13-7-3-4-8(9(6-7)12(14,15)16)11(17)10-2-1-5-18-10/h2-4,6,11,17H,1,5H2. The maximum Gasteiger partial charge on any atom is 0.416 e. The van der Waals surface area contributed by atoms with E-state index in [0.717, 1.165) is 12.1 Å². The lowest BCUT2D eigenvalue weighted by atomic mass is 10.0. The Kier molecular flexibility index (Phi) is 3.30. The van der Waals surface area contributed by atoms with Crippen molar-refractivity contribution in [3.63, 3.8) is 0 Å². The van der Waals surface area contributed by atoms with Crippen LogP contribution in [0.25, 0.3) is 0 Å². The molecule has 1 aliphatic rings. The summed E-state index contributed by atoms with van der Waals surface area (Å²) in [6, 6.07) is 2.17. The van der Waals surface area contributed by atoms with Crippen molar-refractivity contribution < 1.29 is 27.4 Å². The molecule has 0 saturated carbocycles. The van der Waals surface area contributed by atoms with Crippen LogP contribution >= 0.6 is 0 Å². The molecule has 0 spiro atoms. The fourth-order valence-electron chi connectivity index (χ4n) is 1.79. The van der Waals surface area contributed by atoms with Crippen LogP contribution in [0, 0.1) is 5.82 Å². The van der Waals surface area contributed by atoms with Crippen molar-refractivity contribution in [2.45, 2.75) is 18.7 Å². The van der Waals surface area contributed by atoms with E-state index in [1.165, 1.54) is 6.08 Å². The zero-order valence-corrected chi connectivity index (χ0v) is 9.17. The number of benzene rings is 1. The third-order valence-electron chi connectivity index (χ3n) is 2.62. The Balaban J connectivity index is 2.43. The topological polar surface area (TPSA) is 29.5 Å². The summed E-state index contributed by atoms with van der Waals surface area (Å²) in [7, 11) is 0. The van der Waals surface area contributed by atoms with Gasteiger partial charge in [-0.15, -0.1) is 0 Å². The summed E-state index contributed by atoms with van der Waals surface area (Å²) in [4.78, 5) is 0. The van der Waals surface area contributed by atoms with Crippen molar-refractivity contribution >= 4 is 0 Å². The molecule has 1 aliphatic heterocycles. The largest absolute Gasteiger partial charge is 0.495 e. The van der Waals surface area contributed by atoms with Gasteiger partial charge >= 0.3 is 6.18 Å². The number of hydrogen-bond donors (Lipinski definition) is 1. The van der Waals surface area contributed by atoms with Gasteiger partial charge in [0, 0.05) is 12.0 Å². The summed E-state index contributed by atoms with van der Waals surface area (Å²) in [6.07, 6.45) is -4.19. The third-order valence-corrected chi connectivity index (χ3v) is 2.62. The first-order chi connectivity index (χ1) is 8.39. The number of aliphatic hydroxyl groups excluding tert-OH is 1. The SMILES string of the molecule is OC(C1=CCCO1)c1ccc(F)cc1C(F)(F)F. The number of hydrogen-bond acceptors (Lipinski definition) is 2. The lowest BCUT2D eigenvalue weighted by Gasteiger charge is -2.18. The zero-order valence-electron chi connectivity index (χ0n) is 9.17. The minimum absolute atomic E-state index is 0.0760. The molecule has 1 aromatic carbocycles. The second-order valence-corrected chi connectivity index (χ2v) is 3.88. The lowest BCUT2D eigenvalue weighted by Crippen LogP contribution is -2.14. The molecule has 1 atom stereocenters. The predicted molar refractivity (Wildman–Crippen MR) is 55.0 cm³/mol. The summed E-state index contributed by atoms with van der Waals surface area (Å²) < 4.78 is 56.1. The van der Waals surface area contributed by atoms with Crippen LogP contribution in [0.3, 0.4) is 0 Å². The second-order valence-electron chi connectivity index (χ2n) is 3.88. The first-order valence-electron chi connectivity index (χ1n) is 5.27. The monoisotopic (exact) mass is 262 g/mol. The van der Waals surface area contributed by atoms with Crippen molar-refractivity contribution in [3.05, 3.63) is 47.0 Å². The maximum atomic E-state index is 12.9. The van der Waals surface area contributed by atoms with Gasteiger partial charge in [0.25, 0.3) is 0 Å². The lowest BCUT2D eigenvalue weighted by molar-refractivity contribution is -0.139. The van der Waals surface area contributed by atoms with Crippen LogP contribution in [-0.4, -0.2) is 11.7 Å². The van der Waals surface area contributed by atoms with E-state index in [9.17, 15) is 22.7 Å². The van der Waals surface area contributed by atoms with Crippen LogP contribution in [0.1, 0.15) is 23.7 Å². The van der Waals surface area contributed by atoms with E-state index in [4.69, 9.17) is 4.74 Å². The summed E-state index contributed by atoms with van der Waals surface area (Å²) in [5.41, 5.74) is -1.59. The van der Waals surface area contributed by atoms with Gasteiger partial charge in [-0.3, -0.25) is 0 Å². The quantitative estimate of drug-likeness (QED) is 0.829. The maximum absolute atomic E-state index is 12.9. The normalized spacial score (nSPS) is 17.3. The summed E-state index contributed by atoms with van der Waals surface area (Å²) >= 11 is 0. The molecule has 1 heterocycles. The first kappa shape index (κ1) is 12.9. The molecule has 1 aromatic rings. The highest BCUT2D eigenvalue weighted by molar-refractivity contribution is 5.35. The molecule has 0 saturated heterocycles. The number of halogens is 4. The van der Waals surface area contributed by atoms with Crippen LogP contribution < -0.4 is 0 Å². The molecule has 1 unspecified atom stereocenters. The summed E-state index contributed by atoms with van der Waals surface area (Å²) in [5, 5.41) is 9.84. The molecular formula is C12H10F4O2. The summed E-state index contributed by atoms with van der Waals surface area (Å²) in [5.74, 6) is -0.924. The molecule has 0 aliphatic carbocycles. The van der Waals surface area contributed by atoms with E-state index in [1.54, 1.807) is 0 Å². The van der Waals surface area contributed by atoms with Crippen molar-refractivity contribution in [1.29, 1.82) is 0 Å². The van der Waals surface area contributed by atoms with Gasteiger partial charge in [-0.1, -0.05) is 6.07 Å². The first-order valence-corrected chi connectivity index (χ1v) is 5.27. The predicted octanol–water partition coefficient (Wildman–Crippen LogP) is 3.18. The Hall–Kier alpha value is -1.56. The Labute approximate surface area is 100 Å². The van der Waals surface area contributed by atoms with E-state index in [-0.39, 0.29) is 5.76 Å². The minimum atomic E-state index is -4.72. The fraction of sp³-hybridized carbons (Fsp3) is 0.333. The Morgan fingerprint density at radius 2 is 2.00 bits per heavy atom. The smallest absolute Gasteiger partial charge is 0.416 e. The molecule has 6 heteroatoms. The van der Waals surface area contributed by atoms with E-state index >= 15 is 0 Å². The van der Waals surface area contributed by atoms with E-state index in [1.807, 2.05) is 0 Å². The van der Waals surface area contributed by atoms with E-state index in [0.29, 0.717) is 19.1 Å². The van der Waals surface area contributed by atoms with Gasteiger partial charge in [0.1, 0.15) is 17.7 Å². The fourth-order valence-corrected chi connectivity index (χ4v) is 1.79. The Morgan fingerprint density at radius 1 is 1.28 bits per heavy atom. The van der Waals surface area contributed by atoms with Gasteiger partial charge in [-0.2, -0.15) is 13.2 Å². The van der Waals surface area contributed by atoms with Crippen molar-refractivity contribution in [1.82, 2.24) is 0 Å². The highest BCUT2D eigenvalue weighted by atomic mass is 19.4. The molecule has 18 heavy (non-hydrogen) atoms. The van der Waals surface area contributed by atoms with Crippen LogP contribution in [0.4, 0.5) is 17.6 Å². The van der Waals surface area contributed by atoms with Gasteiger partial charge < -0.3 is 9.84 Å². The summed E-state index contributed by atoms with van der Waals surface area (Å²) in [6.45, 7) is 0.328. The van der Waals surface area contributed by atoms with Crippen LogP contribution in [0.15, 0.2) is 30.0 Å². The second kappa shape index (κ2) is 4.61. The van der Waals surface area contributed by atoms with Crippen LogP contribution in [0.2, 0.25) is 0 Å². The molecule has 2 nitrogen and oxygen atoms in total. The highest BCUT2D eigenvalue weighted by Crippen LogP contribution is 2.37. The molecule has 0 aromatic heterocycles. The molecule has 0 fully saturated rings. The molecule has 0 bridgehead atoms. The average molecular weight is 262 g/mol. The molecule has 98 valence electrons. The molecule has 2 rings (SSSR count). The number of alkyl halides is 3. The van der Waals surface area contributed by atoms with Gasteiger partial charge in [-0.25, -0.2) is 4.39 Å². The van der Waals surface area contributed by atoms with Crippen LogP contribution in [-0.2, 0) is 10.9 Å². The molecular weight excluding hydrogens is 252 g/mol. The Bertz CT molecular complexity index is 479. The zero-order chi connectivity index (χ0) is 13.3. The van der Waals surface area contributed by atoms with Crippen molar-refractivity contribution in [3.8, 4) is 0 Å².